The molecule has 0 radical (unpaired) electrons. The summed E-state index contributed by atoms with van der Waals surface area (Å²) in [6, 6.07) is 3.94. The number of imidazole rings is 1. The summed E-state index contributed by atoms with van der Waals surface area (Å²) in [5, 5.41) is 13.6. The smallest absolute Gasteiger partial charge is 0.183 e. The number of aromatic nitrogens is 4. The lowest BCUT2D eigenvalue weighted by Crippen LogP contribution is -2.14. The number of rotatable bonds is 7. The van der Waals surface area contributed by atoms with Crippen LogP contribution in [-0.2, 0) is 6.54 Å². The summed E-state index contributed by atoms with van der Waals surface area (Å²) in [5.41, 5.74) is 5.65. The van der Waals surface area contributed by atoms with Crippen molar-refractivity contribution in [3.8, 4) is 0 Å². The number of nitrogens with zero attached hydrogens (tertiary/aromatic N) is 4. The highest BCUT2D eigenvalue weighted by molar-refractivity contribution is 6.07. The van der Waals surface area contributed by atoms with Crippen LogP contribution in [0.25, 0.3) is 11.2 Å². The molecule has 0 atom stereocenters. The molecule has 0 bridgehead atoms. The van der Waals surface area contributed by atoms with Crippen LogP contribution < -0.4 is 21.9 Å². The zero-order chi connectivity index (χ0) is 17.6. The van der Waals surface area contributed by atoms with Crippen molar-refractivity contribution in [2.45, 2.75) is 6.54 Å². The number of nitrogen functional groups attached to an aromatic ring is 1. The van der Waals surface area contributed by atoms with Gasteiger partial charge in [0.15, 0.2) is 11.6 Å². The molecule has 3 rings (SSSR count). The van der Waals surface area contributed by atoms with Crippen LogP contribution in [0.1, 0.15) is 11.3 Å². The summed E-state index contributed by atoms with van der Waals surface area (Å²) < 4.78 is 1.95. The number of fused-ring (bicyclic) bond motifs is 1. The second-order valence-corrected chi connectivity index (χ2v) is 5.21. The molecule has 0 spiro atoms. The third kappa shape index (κ3) is 3.56. The van der Waals surface area contributed by atoms with Crippen molar-refractivity contribution in [2.24, 2.45) is 5.84 Å². The maximum Gasteiger partial charge on any atom is 0.183 e. The van der Waals surface area contributed by atoms with Gasteiger partial charge in [0, 0.05) is 50.2 Å². The van der Waals surface area contributed by atoms with Crippen molar-refractivity contribution in [2.75, 3.05) is 17.8 Å². The van der Waals surface area contributed by atoms with E-state index in [1.807, 2.05) is 28.9 Å². The molecule has 9 nitrogen and oxygen atoms in total. The minimum atomic E-state index is 0.432. The second kappa shape index (κ2) is 7.41. The number of allylic oxidation sites excluding steroid dienone is 1. The molecule has 128 valence electrons. The predicted octanol–water partition coefficient (Wildman–Crippen LogP) is 1.23. The maximum atomic E-state index is 7.50. The first-order chi connectivity index (χ1) is 12.2. The van der Waals surface area contributed by atoms with E-state index in [0.717, 1.165) is 11.2 Å². The standard InChI is InChI=1S/C16H19N9/c1-19-8-12(6-17)13-9-22-16(24-18)15(23-13)21-7-11-2-3-14-20-4-5-25(14)10-11/h2-6,8-10,17,19H,7,18H2,1H3,(H,21,23)(H,22,24)/b12-8+,17-6?. The van der Waals surface area contributed by atoms with Gasteiger partial charge in [-0.25, -0.2) is 20.8 Å². The Bertz CT molecular complexity index is 913. The van der Waals surface area contributed by atoms with Gasteiger partial charge in [0.25, 0.3) is 0 Å². The summed E-state index contributed by atoms with van der Waals surface area (Å²) in [6.07, 6.45) is 10.1. The molecule has 0 amide bonds. The average molecular weight is 337 g/mol. The van der Waals surface area contributed by atoms with Gasteiger partial charge in [0.1, 0.15) is 5.65 Å². The third-order valence-corrected chi connectivity index (χ3v) is 3.57. The van der Waals surface area contributed by atoms with Crippen LogP contribution in [0, 0.1) is 5.41 Å². The normalized spacial score (nSPS) is 11.4. The highest BCUT2D eigenvalue weighted by atomic mass is 15.3. The second-order valence-electron chi connectivity index (χ2n) is 5.21. The largest absolute Gasteiger partial charge is 0.393 e. The quantitative estimate of drug-likeness (QED) is 0.249. The van der Waals surface area contributed by atoms with Gasteiger partial charge >= 0.3 is 0 Å². The first-order valence-corrected chi connectivity index (χ1v) is 7.62. The van der Waals surface area contributed by atoms with Crippen molar-refractivity contribution in [1.29, 1.82) is 5.41 Å². The summed E-state index contributed by atoms with van der Waals surface area (Å²) in [7, 11) is 1.76. The number of hydrogen-bond acceptors (Lipinski definition) is 8. The fraction of sp³-hybridized carbons (Fsp3) is 0.125. The monoisotopic (exact) mass is 337 g/mol. The number of pyridine rings is 1. The van der Waals surface area contributed by atoms with Gasteiger partial charge in [-0.15, -0.1) is 0 Å². The van der Waals surface area contributed by atoms with Gasteiger partial charge in [-0.3, -0.25) is 0 Å². The van der Waals surface area contributed by atoms with E-state index in [1.54, 1.807) is 25.6 Å². The van der Waals surface area contributed by atoms with E-state index in [4.69, 9.17) is 11.3 Å². The zero-order valence-corrected chi connectivity index (χ0v) is 13.7. The van der Waals surface area contributed by atoms with Crippen molar-refractivity contribution in [3.05, 3.63) is 54.4 Å². The number of hydrogen-bond donors (Lipinski definition) is 5. The molecular formula is C16H19N9. The first kappa shape index (κ1) is 16.4. The summed E-state index contributed by atoms with van der Waals surface area (Å²) in [5.74, 6) is 6.46. The summed E-state index contributed by atoms with van der Waals surface area (Å²) in [6.45, 7) is 0.538. The first-order valence-electron chi connectivity index (χ1n) is 7.62. The van der Waals surface area contributed by atoms with E-state index in [0.29, 0.717) is 29.4 Å². The van der Waals surface area contributed by atoms with Crippen LogP contribution in [0.15, 0.2) is 43.1 Å². The Balaban J connectivity index is 1.84. The van der Waals surface area contributed by atoms with Crippen LogP contribution in [-0.4, -0.2) is 32.6 Å². The van der Waals surface area contributed by atoms with E-state index in [2.05, 4.69) is 31.0 Å². The molecule has 0 aliphatic rings. The van der Waals surface area contributed by atoms with E-state index < -0.39 is 0 Å². The molecule has 0 saturated carbocycles. The lowest BCUT2D eigenvalue weighted by atomic mass is 10.2. The van der Waals surface area contributed by atoms with Crippen molar-refractivity contribution < 1.29 is 0 Å². The Kier molecular flexibility index (Phi) is 4.86. The molecule has 0 aromatic carbocycles. The molecule has 9 heteroatoms. The Morgan fingerprint density at radius 1 is 1.32 bits per heavy atom. The highest BCUT2D eigenvalue weighted by Gasteiger charge is 2.09. The van der Waals surface area contributed by atoms with Crippen LogP contribution >= 0.6 is 0 Å². The molecule has 6 N–H and O–H groups in total. The molecule has 0 fully saturated rings. The van der Waals surface area contributed by atoms with E-state index in [1.165, 1.54) is 6.21 Å². The van der Waals surface area contributed by atoms with Crippen LogP contribution in [0.4, 0.5) is 11.6 Å². The molecule has 3 aromatic heterocycles. The van der Waals surface area contributed by atoms with Crippen LogP contribution in [0.2, 0.25) is 0 Å². The number of nitrogens with one attached hydrogen (secondary N) is 4. The third-order valence-electron chi connectivity index (χ3n) is 3.57. The molecule has 3 aromatic rings. The predicted molar refractivity (Wildman–Crippen MR) is 98.2 cm³/mol. The molecule has 3 heterocycles. The minimum absolute atomic E-state index is 0.432. The Hall–Kier alpha value is -3.46. The van der Waals surface area contributed by atoms with Crippen LogP contribution in [0.3, 0.4) is 0 Å². The molecular weight excluding hydrogens is 318 g/mol. The van der Waals surface area contributed by atoms with Gasteiger partial charge in [0.2, 0.25) is 0 Å². The van der Waals surface area contributed by atoms with Crippen molar-refractivity contribution in [3.63, 3.8) is 0 Å². The maximum absolute atomic E-state index is 7.50. The average Bonchev–Trinajstić information content (AvgIpc) is 3.12. The number of hydrazine groups is 1. The van der Waals surface area contributed by atoms with Gasteiger partial charge in [-0.05, 0) is 11.6 Å². The minimum Gasteiger partial charge on any atom is -0.393 e. The van der Waals surface area contributed by atoms with Crippen molar-refractivity contribution >= 4 is 29.1 Å². The number of nitrogens with two attached hydrogens (primary N) is 1. The molecule has 25 heavy (non-hydrogen) atoms. The SMILES string of the molecule is CN/C=C(\C=N)c1cnc(NN)c(NCc2ccc3nccn3c2)n1. The molecule has 0 aliphatic carbocycles. The molecule has 0 aliphatic heterocycles. The van der Waals surface area contributed by atoms with E-state index >= 15 is 0 Å². The van der Waals surface area contributed by atoms with E-state index in [9.17, 15) is 0 Å². The fourth-order valence-corrected chi connectivity index (χ4v) is 2.36. The molecule has 0 saturated heterocycles. The highest BCUT2D eigenvalue weighted by Crippen LogP contribution is 2.19. The van der Waals surface area contributed by atoms with Gasteiger partial charge < -0.3 is 25.9 Å². The lowest BCUT2D eigenvalue weighted by molar-refractivity contribution is 1.04. The summed E-state index contributed by atoms with van der Waals surface area (Å²) >= 11 is 0. The number of anilines is 2. The van der Waals surface area contributed by atoms with Gasteiger partial charge in [0.05, 0.1) is 11.9 Å². The summed E-state index contributed by atoms with van der Waals surface area (Å²) in [4.78, 5) is 13.0. The van der Waals surface area contributed by atoms with E-state index in [-0.39, 0.29) is 0 Å². The van der Waals surface area contributed by atoms with Crippen molar-refractivity contribution in [1.82, 2.24) is 24.7 Å². The Labute approximate surface area is 144 Å². The fourth-order valence-electron chi connectivity index (χ4n) is 2.36. The lowest BCUT2D eigenvalue weighted by Gasteiger charge is -2.12. The zero-order valence-electron chi connectivity index (χ0n) is 13.7. The Morgan fingerprint density at radius 2 is 2.20 bits per heavy atom. The molecule has 0 unspecified atom stereocenters. The Morgan fingerprint density at radius 3 is 2.96 bits per heavy atom. The van der Waals surface area contributed by atoms with Gasteiger partial charge in [-0.1, -0.05) is 6.07 Å². The topological polar surface area (TPSA) is 129 Å². The van der Waals surface area contributed by atoms with Gasteiger partial charge in [-0.2, -0.15) is 0 Å². The van der Waals surface area contributed by atoms with Crippen LogP contribution in [0.5, 0.6) is 0 Å².